The van der Waals surface area contributed by atoms with Crippen molar-refractivity contribution in [1.82, 2.24) is 0 Å². The molecule has 0 aliphatic rings. The average molecular weight is 629 g/mol. The minimum absolute atomic E-state index is 0.0800. The molecule has 5 heteroatoms. The SMILES string of the molecule is CC/C=C/C/C=C/C/C=C/C/C=C/C/C=C/CCCCCC(=O)O[C@@H](CO)COC(=O)CCCCCCCCCCCCCC. The van der Waals surface area contributed by atoms with E-state index < -0.39 is 6.10 Å². The van der Waals surface area contributed by atoms with Crippen LogP contribution < -0.4 is 0 Å². The lowest BCUT2D eigenvalue weighted by molar-refractivity contribution is -0.161. The van der Waals surface area contributed by atoms with Gasteiger partial charge in [0.1, 0.15) is 6.61 Å². The zero-order valence-corrected chi connectivity index (χ0v) is 29.1. The summed E-state index contributed by atoms with van der Waals surface area (Å²) in [6.45, 7) is 3.98. The first-order valence-electron chi connectivity index (χ1n) is 18.3. The molecule has 0 aliphatic heterocycles. The van der Waals surface area contributed by atoms with E-state index in [2.05, 4.69) is 74.6 Å². The summed E-state index contributed by atoms with van der Waals surface area (Å²) in [6, 6.07) is 0. The van der Waals surface area contributed by atoms with Gasteiger partial charge in [0.05, 0.1) is 6.61 Å². The first-order chi connectivity index (χ1) is 22.1. The number of rotatable bonds is 32. The van der Waals surface area contributed by atoms with Crippen LogP contribution in [-0.2, 0) is 19.1 Å². The predicted octanol–water partition coefficient (Wildman–Crippen LogP) is 11.2. The van der Waals surface area contributed by atoms with Crippen molar-refractivity contribution in [1.29, 1.82) is 0 Å². The Labute approximate surface area is 277 Å². The lowest BCUT2D eigenvalue weighted by atomic mass is 10.0. The van der Waals surface area contributed by atoms with Gasteiger partial charge in [0.25, 0.3) is 0 Å². The maximum atomic E-state index is 12.1. The van der Waals surface area contributed by atoms with Gasteiger partial charge in [0.15, 0.2) is 6.10 Å². The average Bonchev–Trinajstić information content (AvgIpc) is 3.04. The second-order valence-corrected chi connectivity index (χ2v) is 11.9. The monoisotopic (exact) mass is 629 g/mol. The zero-order valence-electron chi connectivity index (χ0n) is 29.1. The number of aliphatic hydroxyl groups is 1. The molecular weight excluding hydrogens is 560 g/mol. The van der Waals surface area contributed by atoms with Crippen LogP contribution in [0, 0.1) is 0 Å². The van der Waals surface area contributed by atoms with E-state index in [-0.39, 0.29) is 25.2 Å². The topological polar surface area (TPSA) is 72.8 Å². The molecule has 1 N–H and O–H groups in total. The molecule has 5 nitrogen and oxygen atoms in total. The molecule has 0 aromatic rings. The number of ether oxygens (including phenoxy) is 2. The van der Waals surface area contributed by atoms with Gasteiger partial charge in [-0.3, -0.25) is 9.59 Å². The van der Waals surface area contributed by atoms with Crippen molar-refractivity contribution in [3.8, 4) is 0 Å². The second-order valence-electron chi connectivity index (χ2n) is 11.9. The van der Waals surface area contributed by atoms with E-state index in [1.165, 1.54) is 57.8 Å². The molecule has 0 bridgehead atoms. The zero-order chi connectivity index (χ0) is 32.9. The number of allylic oxidation sites excluding steroid dienone is 10. The molecule has 0 unspecified atom stereocenters. The van der Waals surface area contributed by atoms with E-state index in [1.54, 1.807) is 0 Å². The highest BCUT2D eigenvalue weighted by atomic mass is 16.6. The van der Waals surface area contributed by atoms with Crippen LogP contribution in [-0.4, -0.2) is 36.4 Å². The van der Waals surface area contributed by atoms with Crippen molar-refractivity contribution in [3.05, 3.63) is 60.8 Å². The number of unbranched alkanes of at least 4 members (excludes halogenated alkanes) is 14. The quantitative estimate of drug-likeness (QED) is 0.0456. The Kier molecular flexibility index (Phi) is 34.1. The third-order valence-corrected chi connectivity index (χ3v) is 7.58. The summed E-state index contributed by atoms with van der Waals surface area (Å²) < 4.78 is 10.6. The van der Waals surface area contributed by atoms with E-state index in [1.807, 2.05) is 0 Å². The summed E-state index contributed by atoms with van der Waals surface area (Å²) in [4.78, 5) is 24.2. The molecule has 0 saturated carbocycles. The van der Waals surface area contributed by atoms with Gasteiger partial charge in [-0.05, 0) is 57.8 Å². The number of esters is 2. The van der Waals surface area contributed by atoms with Gasteiger partial charge < -0.3 is 14.6 Å². The van der Waals surface area contributed by atoms with Crippen molar-refractivity contribution in [2.24, 2.45) is 0 Å². The molecule has 0 rings (SSSR count). The fourth-order valence-electron chi connectivity index (χ4n) is 4.81. The number of carbonyl (C=O) groups is 2. The van der Waals surface area contributed by atoms with E-state index in [0.717, 1.165) is 77.0 Å². The lowest BCUT2D eigenvalue weighted by Gasteiger charge is -2.15. The lowest BCUT2D eigenvalue weighted by Crippen LogP contribution is -2.28. The minimum atomic E-state index is -0.787. The van der Waals surface area contributed by atoms with Crippen molar-refractivity contribution >= 4 is 11.9 Å². The molecular formula is C40H68O5. The molecule has 258 valence electrons. The Hall–Kier alpha value is -2.40. The van der Waals surface area contributed by atoms with Crippen LogP contribution in [0.2, 0.25) is 0 Å². The van der Waals surface area contributed by atoms with Crippen LogP contribution in [0.15, 0.2) is 60.8 Å². The third kappa shape index (κ3) is 34.3. The Bertz CT molecular complexity index is 808. The maximum Gasteiger partial charge on any atom is 0.306 e. The molecule has 0 aromatic carbocycles. The van der Waals surface area contributed by atoms with Gasteiger partial charge in [-0.15, -0.1) is 0 Å². The second kappa shape index (κ2) is 36.1. The van der Waals surface area contributed by atoms with E-state index in [4.69, 9.17) is 9.47 Å². The standard InChI is InChI=1S/C40H68O5/c1-3-5-7-9-11-13-15-17-18-19-20-21-22-23-25-27-29-31-33-35-40(43)45-38(36-41)37-44-39(42)34-32-30-28-26-24-16-14-12-10-8-6-4-2/h5,7,11,13,17-18,20-21,23,25,38,41H,3-4,6,8-10,12,14-16,19,22,24,26-37H2,1-2H3/b7-5+,13-11+,18-17+,21-20+,25-23+/t38-/m0/s1. The summed E-state index contributed by atoms with van der Waals surface area (Å²) >= 11 is 0. The largest absolute Gasteiger partial charge is 0.462 e. The van der Waals surface area contributed by atoms with Crippen LogP contribution >= 0.6 is 0 Å². The molecule has 0 aromatic heterocycles. The van der Waals surface area contributed by atoms with Gasteiger partial charge >= 0.3 is 11.9 Å². The fraction of sp³-hybridized carbons (Fsp3) is 0.700. The first kappa shape index (κ1) is 42.6. The molecule has 0 heterocycles. The summed E-state index contributed by atoms with van der Waals surface area (Å²) in [5.41, 5.74) is 0. The van der Waals surface area contributed by atoms with Gasteiger partial charge in [-0.2, -0.15) is 0 Å². The predicted molar refractivity (Wildman–Crippen MR) is 191 cm³/mol. The number of carbonyl (C=O) groups excluding carboxylic acids is 2. The van der Waals surface area contributed by atoms with Crippen molar-refractivity contribution in [3.63, 3.8) is 0 Å². The number of hydrogen-bond acceptors (Lipinski definition) is 5. The first-order valence-corrected chi connectivity index (χ1v) is 18.3. The highest BCUT2D eigenvalue weighted by Crippen LogP contribution is 2.13. The molecule has 0 saturated heterocycles. The highest BCUT2D eigenvalue weighted by molar-refractivity contribution is 5.70. The Balaban J connectivity index is 3.67. The van der Waals surface area contributed by atoms with Crippen LogP contribution in [0.5, 0.6) is 0 Å². The summed E-state index contributed by atoms with van der Waals surface area (Å²) in [5.74, 6) is -0.632. The van der Waals surface area contributed by atoms with Gasteiger partial charge in [0, 0.05) is 12.8 Å². The molecule has 1 atom stereocenters. The molecule has 45 heavy (non-hydrogen) atoms. The number of hydrogen-bond donors (Lipinski definition) is 1. The van der Waals surface area contributed by atoms with Crippen molar-refractivity contribution in [2.45, 2.75) is 168 Å². The Morgan fingerprint density at radius 1 is 0.533 bits per heavy atom. The smallest absolute Gasteiger partial charge is 0.306 e. The van der Waals surface area contributed by atoms with Crippen LogP contribution in [0.25, 0.3) is 0 Å². The van der Waals surface area contributed by atoms with E-state index in [9.17, 15) is 14.7 Å². The van der Waals surface area contributed by atoms with E-state index in [0.29, 0.717) is 12.8 Å². The molecule has 0 radical (unpaired) electrons. The molecule has 0 aliphatic carbocycles. The van der Waals surface area contributed by atoms with Crippen LogP contribution in [0.4, 0.5) is 0 Å². The minimum Gasteiger partial charge on any atom is -0.462 e. The van der Waals surface area contributed by atoms with Crippen LogP contribution in [0.3, 0.4) is 0 Å². The Morgan fingerprint density at radius 2 is 0.956 bits per heavy atom. The van der Waals surface area contributed by atoms with Crippen LogP contribution in [0.1, 0.15) is 162 Å². The van der Waals surface area contributed by atoms with Gasteiger partial charge in [-0.1, -0.05) is 152 Å². The van der Waals surface area contributed by atoms with Gasteiger partial charge in [-0.25, -0.2) is 0 Å². The molecule has 0 spiro atoms. The molecule has 0 amide bonds. The summed E-state index contributed by atoms with van der Waals surface area (Å²) in [7, 11) is 0. The van der Waals surface area contributed by atoms with Crippen molar-refractivity contribution < 1.29 is 24.2 Å². The fourth-order valence-corrected chi connectivity index (χ4v) is 4.81. The Morgan fingerprint density at radius 3 is 1.44 bits per heavy atom. The normalized spacial score (nSPS) is 12.9. The van der Waals surface area contributed by atoms with Crippen molar-refractivity contribution in [2.75, 3.05) is 13.2 Å². The summed E-state index contributed by atoms with van der Waals surface area (Å²) in [5, 5.41) is 9.52. The highest BCUT2D eigenvalue weighted by Gasteiger charge is 2.16. The van der Waals surface area contributed by atoms with Gasteiger partial charge in [0.2, 0.25) is 0 Å². The molecule has 0 fully saturated rings. The number of aliphatic hydroxyl groups excluding tert-OH is 1. The third-order valence-electron chi connectivity index (χ3n) is 7.58. The van der Waals surface area contributed by atoms with E-state index >= 15 is 0 Å². The summed E-state index contributed by atoms with van der Waals surface area (Å²) in [6.07, 6.45) is 45.6. The maximum absolute atomic E-state index is 12.1.